The number of thioether (sulfide) groups is 1. The maximum absolute atomic E-state index is 2.46. The Morgan fingerprint density at radius 1 is 1.14 bits per heavy atom. The predicted octanol–water partition coefficient (Wildman–Crippen LogP) is 4.37. The van der Waals surface area contributed by atoms with Crippen LogP contribution in [0.15, 0.2) is 11.6 Å². The van der Waals surface area contributed by atoms with E-state index in [9.17, 15) is 0 Å². The Hall–Kier alpha value is 0.0900. The Morgan fingerprint density at radius 3 is 2.07 bits per heavy atom. The quantitative estimate of drug-likeness (QED) is 0.537. The van der Waals surface area contributed by atoms with E-state index in [4.69, 9.17) is 0 Å². The number of allylic oxidation sites excluding steroid dienone is 1. The first kappa shape index (κ1) is 12.2. The molecule has 1 heteroatoms. The van der Waals surface area contributed by atoms with Crippen molar-refractivity contribution in [3.05, 3.63) is 11.6 Å². The molecule has 0 saturated heterocycles. The third kappa shape index (κ3) is 2.79. The van der Waals surface area contributed by atoms with Crippen LogP contribution in [0.25, 0.3) is 0 Å². The van der Waals surface area contributed by atoms with Crippen molar-refractivity contribution in [2.45, 2.75) is 41.5 Å². The van der Waals surface area contributed by atoms with Crippen LogP contribution < -0.4 is 0 Å². The van der Waals surface area contributed by atoms with Crippen LogP contribution in [0, 0.1) is 16.7 Å². The van der Waals surface area contributed by atoms with E-state index in [0.717, 1.165) is 5.92 Å². The van der Waals surface area contributed by atoms with Crippen LogP contribution in [-0.2, 0) is 0 Å². The van der Waals surface area contributed by atoms with Gasteiger partial charge in [-0.25, -0.2) is 0 Å². The second-order valence-corrected chi connectivity index (χ2v) is 7.44. The van der Waals surface area contributed by atoms with Gasteiger partial charge < -0.3 is 0 Å². The minimum absolute atomic E-state index is 0.346. The number of hydrogen-bond donors (Lipinski definition) is 0. The first-order chi connectivity index (χ1) is 6.23. The molecule has 1 heterocycles. The summed E-state index contributed by atoms with van der Waals surface area (Å²) in [5.74, 6) is 3.26. The van der Waals surface area contributed by atoms with Crippen LogP contribution in [0.4, 0.5) is 0 Å². The normalized spacial score (nSPS) is 24.7. The van der Waals surface area contributed by atoms with Gasteiger partial charge in [0.25, 0.3) is 0 Å². The van der Waals surface area contributed by atoms with Crippen molar-refractivity contribution < 1.29 is 0 Å². The van der Waals surface area contributed by atoms with Crippen molar-refractivity contribution in [2.75, 3.05) is 11.5 Å². The number of rotatable bonds is 0. The molecule has 0 bridgehead atoms. The maximum Gasteiger partial charge on any atom is 0.0116 e. The summed E-state index contributed by atoms with van der Waals surface area (Å²) in [5.41, 5.74) is 2.43. The van der Waals surface area contributed by atoms with Crippen molar-refractivity contribution in [1.82, 2.24) is 0 Å². The molecule has 0 aromatic carbocycles. The zero-order valence-electron chi connectivity index (χ0n) is 10.5. The van der Waals surface area contributed by atoms with E-state index in [1.165, 1.54) is 11.5 Å². The molecule has 1 rings (SSSR count). The van der Waals surface area contributed by atoms with Gasteiger partial charge in [0.15, 0.2) is 0 Å². The fourth-order valence-corrected chi connectivity index (χ4v) is 3.46. The predicted molar refractivity (Wildman–Crippen MR) is 67.8 cm³/mol. The Balaban J connectivity index is 2.95. The van der Waals surface area contributed by atoms with Crippen molar-refractivity contribution in [2.24, 2.45) is 16.7 Å². The van der Waals surface area contributed by atoms with Crippen molar-refractivity contribution >= 4 is 11.8 Å². The zero-order valence-corrected chi connectivity index (χ0v) is 11.3. The van der Waals surface area contributed by atoms with Gasteiger partial charge in [0.1, 0.15) is 0 Å². The summed E-state index contributed by atoms with van der Waals surface area (Å²) < 4.78 is 0. The standard InChI is InChI=1S/C13H24S/c1-12(2,3)10-7-8-14-9-11(10)13(4,5)6/h7,11H,8-9H2,1-6H3. The largest absolute Gasteiger partial charge is 0.157 e. The van der Waals surface area contributed by atoms with Gasteiger partial charge in [-0.3, -0.25) is 0 Å². The average Bonchev–Trinajstić information content (AvgIpc) is 2.01. The van der Waals surface area contributed by atoms with Gasteiger partial charge in [0.05, 0.1) is 0 Å². The maximum atomic E-state index is 2.46. The Labute approximate surface area is 93.5 Å². The van der Waals surface area contributed by atoms with E-state index in [1.54, 1.807) is 5.57 Å². The molecule has 1 atom stereocenters. The van der Waals surface area contributed by atoms with Gasteiger partial charge in [-0.15, -0.1) is 0 Å². The molecule has 0 saturated carbocycles. The highest BCUT2D eigenvalue weighted by molar-refractivity contribution is 7.99. The third-order valence-corrected chi connectivity index (χ3v) is 3.96. The minimum Gasteiger partial charge on any atom is -0.157 e. The van der Waals surface area contributed by atoms with Crippen LogP contribution in [-0.4, -0.2) is 11.5 Å². The summed E-state index contributed by atoms with van der Waals surface area (Å²) in [6.45, 7) is 14.1. The molecule has 0 aliphatic carbocycles. The summed E-state index contributed by atoms with van der Waals surface area (Å²) in [7, 11) is 0. The molecule has 82 valence electrons. The molecule has 0 amide bonds. The second kappa shape index (κ2) is 3.92. The highest BCUT2D eigenvalue weighted by Gasteiger charge is 2.34. The van der Waals surface area contributed by atoms with Gasteiger partial charge in [-0.2, -0.15) is 11.8 Å². The molecular formula is C13H24S. The lowest BCUT2D eigenvalue weighted by atomic mass is 9.69. The van der Waals surface area contributed by atoms with Gasteiger partial charge in [0.2, 0.25) is 0 Å². The number of hydrogen-bond acceptors (Lipinski definition) is 1. The minimum atomic E-state index is 0.346. The Kier molecular flexibility index (Phi) is 3.41. The van der Waals surface area contributed by atoms with Crippen LogP contribution in [0.1, 0.15) is 41.5 Å². The second-order valence-electron chi connectivity index (χ2n) is 6.37. The summed E-state index contributed by atoms with van der Waals surface area (Å²) in [4.78, 5) is 0. The molecule has 1 aliphatic heterocycles. The fraction of sp³-hybridized carbons (Fsp3) is 0.846. The summed E-state index contributed by atoms with van der Waals surface area (Å²) in [6, 6.07) is 0. The summed E-state index contributed by atoms with van der Waals surface area (Å²) in [6.07, 6.45) is 2.46. The van der Waals surface area contributed by atoms with Crippen LogP contribution in [0.5, 0.6) is 0 Å². The average molecular weight is 212 g/mol. The Bertz CT molecular complexity index is 225. The topological polar surface area (TPSA) is 0 Å². The van der Waals surface area contributed by atoms with E-state index in [0.29, 0.717) is 10.8 Å². The van der Waals surface area contributed by atoms with Gasteiger partial charge in [-0.1, -0.05) is 53.2 Å². The third-order valence-electron chi connectivity index (χ3n) is 2.99. The van der Waals surface area contributed by atoms with E-state index < -0.39 is 0 Å². The lowest BCUT2D eigenvalue weighted by Crippen LogP contribution is -2.32. The van der Waals surface area contributed by atoms with Crippen LogP contribution >= 0.6 is 11.8 Å². The molecule has 0 aromatic heterocycles. The highest BCUT2D eigenvalue weighted by atomic mass is 32.2. The van der Waals surface area contributed by atoms with Crippen molar-refractivity contribution in [3.8, 4) is 0 Å². The van der Waals surface area contributed by atoms with E-state index in [1.807, 2.05) is 0 Å². The molecule has 0 N–H and O–H groups in total. The van der Waals surface area contributed by atoms with Crippen LogP contribution in [0.2, 0.25) is 0 Å². The van der Waals surface area contributed by atoms with E-state index >= 15 is 0 Å². The SMILES string of the molecule is CC(C)(C)C1=CCSCC1C(C)(C)C. The van der Waals surface area contributed by atoms with Gasteiger partial charge in [-0.05, 0) is 16.7 Å². The molecule has 0 radical (unpaired) electrons. The molecule has 0 aromatic rings. The molecule has 14 heavy (non-hydrogen) atoms. The van der Waals surface area contributed by atoms with E-state index in [2.05, 4.69) is 59.4 Å². The van der Waals surface area contributed by atoms with E-state index in [-0.39, 0.29) is 0 Å². The van der Waals surface area contributed by atoms with Gasteiger partial charge in [0, 0.05) is 11.5 Å². The van der Waals surface area contributed by atoms with Gasteiger partial charge >= 0.3 is 0 Å². The monoisotopic (exact) mass is 212 g/mol. The lowest BCUT2D eigenvalue weighted by molar-refractivity contribution is 0.264. The lowest BCUT2D eigenvalue weighted by Gasteiger charge is -2.40. The molecular weight excluding hydrogens is 188 g/mol. The zero-order chi connectivity index (χ0) is 11.0. The highest BCUT2D eigenvalue weighted by Crippen LogP contribution is 2.44. The van der Waals surface area contributed by atoms with Crippen molar-refractivity contribution in [3.63, 3.8) is 0 Å². The molecule has 1 unspecified atom stereocenters. The molecule has 0 spiro atoms. The summed E-state index contributed by atoms with van der Waals surface area (Å²) in [5, 5.41) is 0. The van der Waals surface area contributed by atoms with Crippen LogP contribution in [0.3, 0.4) is 0 Å². The first-order valence-corrected chi connectivity index (χ1v) is 6.66. The molecule has 0 fully saturated rings. The summed E-state index contributed by atoms with van der Waals surface area (Å²) >= 11 is 2.07. The first-order valence-electron chi connectivity index (χ1n) is 5.51. The Morgan fingerprint density at radius 2 is 1.71 bits per heavy atom. The smallest absolute Gasteiger partial charge is 0.0116 e. The fourth-order valence-electron chi connectivity index (χ4n) is 2.11. The molecule has 0 nitrogen and oxygen atoms in total. The van der Waals surface area contributed by atoms with Crippen molar-refractivity contribution in [1.29, 1.82) is 0 Å². The molecule has 1 aliphatic rings.